The molecule has 1 aliphatic rings. The van der Waals surface area contributed by atoms with Crippen LogP contribution >= 0.6 is 12.4 Å². The van der Waals surface area contributed by atoms with Crippen molar-refractivity contribution in [3.05, 3.63) is 11.7 Å². The molecule has 6 heteroatoms. The van der Waals surface area contributed by atoms with Crippen LogP contribution < -0.4 is 5.73 Å². The van der Waals surface area contributed by atoms with E-state index in [0.717, 1.165) is 44.2 Å². The molecule has 2 heterocycles. The fourth-order valence-electron chi connectivity index (χ4n) is 2.47. The molecule has 5 nitrogen and oxygen atoms in total. The molecular formula is C12H23ClN4O. The monoisotopic (exact) mass is 274 g/mol. The number of hydrogen-bond donors (Lipinski definition) is 1. The Balaban J connectivity index is 0.00000162. The summed E-state index contributed by atoms with van der Waals surface area (Å²) in [5.41, 5.74) is 5.66. The van der Waals surface area contributed by atoms with E-state index in [9.17, 15) is 0 Å². The third-order valence-corrected chi connectivity index (χ3v) is 3.41. The lowest BCUT2D eigenvalue weighted by Crippen LogP contribution is -2.40. The highest BCUT2D eigenvalue weighted by molar-refractivity contribution is 5.85. The van der Waals surface area contributed by atoms with Crippen LogP contribution in [-0.4, -0.2) is 34.2 Å². The predicted molar refractivity (Wildman–Crippen MR) is 72.6 cm³/mol. The number of hydrogen-bond acceptors (Lipinski definition) is 5. The summed E-state index contributed by atoms with van der Waals surface area (Å²) in [6.45, 7) is 4.71. The Hall–Kier alpha value is -0.650. The maximum Gasteiger partial charge on any atom is 0.226 e. The summed E-state index contributed by atoms with van der Waals surface area (Å²) < 4.78 is 5.14. The van der Waals surface area contributed by atoms with Gasteiger partial charge in [0, 0.05) is 12.5 Å². The van der Waals surface area contributed by atoms with E-state index in [0.29, 0.717) is 6.04 Å². The van der Waals surface area contributed by atoms with Gasteiger partial charge in [-0.1, -0.05) is 18.5 Å². The zero-order valence-corrected chi connectivity index (χ0v) is 11.8. The van der Waals surface area contributed by atoms with E-state index in [1.807, 2.05) is 6.92 Å². The first kappa shape index (κ1) is 15.4. The molecule has 0 saturated carbocycles. The molecule has 0 aliphatic carbocycles. The van der Waals surface area contributed by atoms with Gasteiger partial charge in [-0.2, -0.15) is 4.98 Å². The molecule has 0 bridgehead atoms. The molecule has 104 valence electrons. The highest BCUT2D eigenvalue weighted by Gasteiger charge is 2.23. The van der Waals surface area contributed by atoms with E-state index in [-0.39, 0.29) is 12.4 Å². The maximum absolute atomic E-state index is 5.66. The molecule has 0 spiro atoms. The molecule has 0 aromatic carbocycles. The van der Waals surface area contributed by atoms with Crippen molar-refractivity contribution >= 4 is 12.4 Å². The smallest absolute Gasteiger partial charge is 0.226 e. The Morgan fingerprint density at radius 1 is 1.44 bits per heavy atom. The number of rotatable bonds is 5. The summed E-state index contributed by atoms with van der Waals surface area (Å²) in [5, 5.41) is 4.02. The molecule has 1 fully saturated rings. The fourth-order valence-corrected chi connectivity index (χ4v) is 2.47. The highest BCUT2D eigenvalue weighted by Crippen LogP contribution is 2.20. The Kier molecular flexibility index (Phi) is 6.60. The van der Waals surface area contributed by atoms with Crippen LogP contribution in [0.3, 0.4) is 0 Å². The average molecular weight is 275 g/mol. The quantitative estimate of drug-likeness (QED) is 0.886. The highest BCUT2D eigenvalue weighted by atomic mass is 35.5. The van der Waals surface area contributed by atoms with Crippen LogP contribution in [0.2, 0.25) is 0 Å². The molecule has 18 heavy (non-hydrogen) atoms. The number of halogens is 1. The predicted octanol–water partition coefficient (Wildman–Crippen LogP) is 1.76. The first-order chi connectivity index (χ1) is 8.33. The van der Waals surface area contributed by atoms with Crippen LogP contribution in [0.1, 0.15) is 44.3 Å². The number of likely N-dealkylation sites (tertiary alicyclic amines) is 1. The Morgan fingerprint density at radius 3 is 2.94 bits per heavy atom. The van der Waals surface area contributed by atoms with Gasteiger partial charge in [-0.25, -0.2) is 0 Å². The van der Waals surface area contributed by atoms with Gasteiger partial charge in [0.1, 0.15) is 0 Å². The maximum atomic E-state index is 5.66. The van der Waals surface area contributed by atoms with Gasteiger partial charge in [0.25, 0.3) is 0 Å². The Bertz CT molecular complexity index is 343. The lowest BCUT2D eigenvalue weighted by Gasteiger charge is -2.34. The molecule has 0 radical (unpaired) electrons. The van der Waals surface area contributed by atoms with Gasteiger partial charge in [-0.05, 0) is 32.4 Å². The minimum atomic E-state index is 0. The van der Waals surface area contributed by atoms with E-state index in [1.54, 1.807) is 0 Å². The second-order valence-electron chi connectivity index (χ2n) is 4.66. The summed E-state index contributed by atoms with van der Waals surface area (Å²) in [6.07, 6.45) is 5.70. The Labute approximate surface area is 115 Å². The van der Waals surface area contributed by atoms with Gasteiger partial charge in [-0.3, -0.25) is 4.90 Å². The van der Waals surface area contributed by atoms with E-state index in [4.69, 9.17) is 10.3 Å². The van der Waals surface area contributed by atoms with Gasteiger partial charge in [0.15, 0.2) is 5.82 Å². The number of aryl methyl sites for hydroxylation is 1. The van der Waals surface area contributed by atoms with Gasteiger partial charge >= 0.3 is 0 Å². The second-order valence-corrected chi connectivity index (χ2v) is 4.66. The number of piperidine rings is 1. The average Bonchev–Trinajstić information content (AvgIpc) is 2.80. The molecule has 1 aliphatic heterocycles. The lowest BCUT2D eigenvalue weighted by molar-refractivity contribution is 0.129. The van der Waals surface area contributed by atoms with Crippen LogP contribution in [-0.2, 0) is 13.0 Å². The van der Waals surface area contributed by atoms with Gasteiger partial charge < -0.3 is 10.3 Å². The molecule has 1 unspecified atom stereocenters. The molecule has 1 atom stereocenters. The molecule has 2 N–H and O–H groups in total. The van der Waals surface area contributed by atoms with Crippen molar-refractivity contribution in [2.24, 2.45) is 5.73 Å². The normalized spacial score (nSPS) is 20.7. The van der Waals surface area contributed by atoms with E-state index in [1.165, 1.54) is 19.3 Å². The van der Waals surface area contributed by atoms with E-state index < -0.39 is 0 Å². The molecule has 1 aromatic rings. The standard InChI is InChI=1S/C12H22N4O.ClH/c1-2-12-14-11(15-17-12)9-16-8-4-3-5-10(16)6-7-13;/h10H,2-9,13H2,1H3;1H. The first-order valence-electron chi connectivity index (χ1n) is 6.59. The van der Waals surface area contributed by atoms with Crippen LogP contribution in [0.5, 0.6) is 0 Å². The van der Waals surface area contributed by atoms with Crippen molar-refractivity contribution in [2.45, 2.75) is 51.6 Å². The molecular weight excluding hydrogens is 252 g/mol. The SMILES string of the molecule is CCc1nc(CN2CCCCC2CCN)no1.Cl. The largest absolute Gasteiger partial charge is 0.339 e. The van der Waals surface area contributed by atoms with Crippen molar-refractivity contribution < 1.29 is 4.52 Å². The van der Waals surface area contributed by atoms with Gasteiger partial charge in [0.2, 0.25) is 5.89 Å². The summed E-state index contributed by atoms with van der Waals surface area (Å²) in [5.74, 6) is 1.54. The number of nitrogens with two attached hydrogens (primary N) is 1. The summed E-state index contributed by atoms with van der Waals surface area (Å²) in [4.78, 5) is 6.81. The van der Waals surface area contributed by atoms with Crippen molar-refractivity contribution in [3.63, 3.8) is 0 Å². The van der Waals surface area contributed by atoms with Crippen LogP contribution in [0.4, 0.5) is 0 Å². The number of nitrogens with zero attached hydrogens (tertiary/aromatic N) is 3. The zero-order chi connectivity index (χ0) is 12.1. The van der Waals surface area contributed by atoms with Crippen LogP contribution in [0.25, 0.3) is 0 Å². The van der Waals surface area contributed by atoms with Crippen molar-refractivity contribution in [1.82, 2.24) is 15.0 Å². The molecule has 0 amide bonds. The molecule has 1 saturated heterocycles. The van der Waals surface area contributed by atoms with E-state index in [2.05, 4.69) is 15.0 Å². The van der Waals surface area contributed by atoms with Crippen molar-refractivity contribution in [1.29, 1.82) is 0 Å². The molecule has 1 aromatic heterocycles. The first-order valence-corrected chi connectivity index (χ1v) is 6.59. The van der Waals surface area contributed by atoms with Gasteiger partial charge in [-0.15, -0.1) is 12.4 Å². The summed E-state index contributed by atoms with van der Waals surface area (Å²) in [7, 11) is 0. The third kappa shape index (κ3) is 3.93. The van der Waals surface area contributed by atoms with Crippen LogP contribution in [0, 0.1) is 0 Å². The van der Waals surface area contributed by atoms with Crippen LogP contribution in [0.15, 0.2) is 4.52 Å². The Morgan fingerprint density at radius 2 is 2.28 bits per heavy atom. The minimum Gasteiger partial charge on any atom is -0.339 e. The van der Waals surface area contributed by atoms with Crippen molar-refractivity contribution in [2.75, 3.05) is 13.1 Å². The van der Waals surface area contributed by atoms with E-state index >= 15 is 0 Å². The second kappa shape index (κ2) is 7.71. The summed E-state index contributed by atoms with van der Waals surface area (Å²) in [6, 6.07) is 0.595. The third-order valence-electron chi connectivity index (χ3n) is 3.41. The topological polar surface area (TPSA) is 68.2 Å². The summed E-state index contributed by atoms with van der Waals surface area (Å²) >= 11 is 0. The lowest BCUT2D eigenvalue weighted by atomic mass is 9.99. The van der Waals surface area contributed by atoms with Crippen molar-refractivity contribution in [3.8, 4) is 0 Å². The molecule has 2 rings (SSSR count). The zero-order valence-electron chi connectivity index (χ0n) is 11.0. The fraction of sp³-hybridized carbons (Fsp3) is 0.833. The number of aromatic nitrogens is 2. The minimum absolute atomic E-state index is 0. The van der Waals surface area contributed by atoms with Gasteiger partial charge in [0.05, 0.1) is 6.54 Å².